The summed E-state index contributed by atoms with van der Waals surface area (Å²) in [6.45, 7) is 10.6. The average molecular weight is 288 g/mol. The van der Waals surface area contributed by atoms with E-state index >= 15 is 0 Å². The summed E-state index contributed by atoms with van der Waals surface area (Å²) in [5.41, 5.74) is 3.06. The number of aryl methyl sites for hydroxylation is 1. The minimum atomic E-state index is -0.790. The second-order valence-electron chi connectivity index (χ2n) is 6.83. The number of hydrogen-bond acceptors (Lipinski definition) is 2. The largest absolute Gasteiger partial charge is 0.384 e. The van der Waals surface area contributed by atoms with Gasteiger partial charge in [-0.05, 0) is 47.4 Å². The number of rotatable bonds is 3. The van der Waals surface area contributed by atoms with Crippen LogP contribution in [0.2, 0.25) is 0 Å². The highest BCUT2D eigenvalue weighted by Gasteiger charge is 2.26. The van der Waals surface area contributed by atoms with E-state index < -0.39 is 5.60 Å². The zero-order valence-electron chi connectivity index (χ0n) is 13.0. The van der Waals surface area contributed by atoms with Crippen molar-refractivity contribution in [1.29, 1.82) is 0 Å². The Morgan fingerprint density at radius 3 is 2.05 bits per heavy atom. The third-order valence-electron chi connectivity index (χ3n) is 3.72. The van der Waals surface area contributed by atoms with Crippen LogP contribution in [-0.2, 0) is 17.4 Å². The number of aliphatic hydroxyl groups is 1. The molecule has 1 unspecified atom stereocenters. The van der Waals surface area contributed by atoms with Crippen molar-refractivity contribution < 1.29 is 5.11 Å². The van der Waals surface area contributed by atoms with Crippen LogP contribution in [0.5, 0.6) is 0 Å². The van der Waals surface area contributed by atoms with Crippen molar-refractivity contribution in [2.24, 2.45) is 0 Å². The van der Waals surface area contributed by atoms with Gasteiger partial charge in [-0.3, -0.25) is 0 Å². The lowest BCUT2D eigenvalue weighted by molar-refractivity contribution is 0.0609. The molecular weight excluding hydrogens is 264 g/mol. The summed E-state index contributed by atoms with van der Waals surface area (Å²) >= 11 is 1.63. The minimum Gasteiger partial charge on any atom is -0.384 e. The highest BCUT2D eigenvalue weighted by Crippen LogP contribution is 2.32. The van der Waals surface area contributed by atoms with Gasteiger partial charge in [0.1, 0.15) is 5.60 Å². The second-order valence-corrected chi connectivity index (χ2v) is 7.75. The molecule has 1 atom stereocenters. The molecule has 2 heteroatoms. The molecule has 0 bridgehead atoms. The van der Waals surface area contributed by atoms with Gasteiger partial charge in [0, 0.05) is 11.3 Å². The lowest BCUT2D eigenvalue weighted by atomic mass is 9.85. The fraction of sp³-hybridized carbons (Fsp3) is 0.444. The zero-order chi connectivity index (χ0) is 15.0. The number of thiophene rings is 1. The third-order valence-corrected chi connectivity index (χ3v) is 4.99. The van der Waals surface area contributed by atoms with Crippen LogP contribution in [-0.4, -0.2) is 5.11 Å². The molecule has 1 nitrogen and oxygen atoms in total. The van der Waals surface area contributed by atoms with Crippen LogP contribution in [0.15, 0.2) is 35.7 Å². The predicted molar refractivity (Wildman–Crippen MR) is 87.5 cm³/mol. The van der Waals surface area contributed by atoms with Gasteiger partial charge in [0.2, 0.25) is 0 Å². The van der Waals surface area contributed by atoms with Crippen LogP contribution >= 0.6 is 11.3 Å². The lowest BCUT2D eigenvalue weighted by Crippen LogP contribution is -2.24. The van der Waals surface area contributed by atoms with Crippen molar-refractivity contribution in [2.45, 2.75) is 52.1 Å². The maximum Gasteiger partial charge on any atom is 0.100 e. The van der Waals surface area contributed by atoms with E-state index in [-0.39, 0.29) is 5.41 Å². The molecule has 0 aliphatic heterocycles. The Morgan fingerprint density at radius 1 is 1.00 bits per heavy atom. The molecule has 1 heterocycles. The first-order valence-corrected chi connectivity index (χ1v) is 7.94. The summed E-state index contributed by atoms with van der Waals surface area (Å²) in [5, 5.41) is 12.8. The molecule has 2 rings (SSSR count). The highest BCUT2D eigenvalue weighted by atomic mass is 32.1. The van der Waals surface area contributed by atoms with Gasteiger partial charge in [-0.15, -0.1) is 11.3 Å². The first-order valence-electron chi connectivity index (χ1n) is 7.06. The minimum absolute atomic E-state index is 0.172. The van der Waals surface area contributed by atoms with E-state index in [4.69, 9.17) is 0 Å². The third kappa shape index (κ3) is 3.31. The van der Waals surface area contributed by atoms with Crippen LogP contribution in [0.1, 0.15) is 49.3 Å². The summed E-state index contributed by atoms with van der Waals surface area (Å²) < 4.78 is 0. The van der Waals surface area contributed by atoms with E-state index in [1.807, 2.05) is 12.3 Å². The average Bonchev–Trinajstić information content (AvgIpc) is 2.75. The topological polar surface area (TPSA) is 20.2 Å². The van der Waals surface area contributed by atoms with Crippen LogP contribution < -0.4 is 0 Å². The smallest absolute Gasteiger partial charge is 0.100 e. The molecule has 1 N–H and O–H groups in total. The Hall–Kier alpha value is -1.12. The summed E-state index contributed by atoms with van der Waals surface area (Å²) in [6, 6.07) is 10.7. The Balaban J connectivity index is 2.20. The van der Waals surface area contributed by atoms with E-state index in [0.717, 1.165) is 4.88 Å². The molecule has 108 valence electrons. The van der Waals surface area contributed by atoms with Gasteiger partial charge < -0.3 is 5.11 Å². The van der Waals surface area contributed by atoms with Crippen molar-refractivity contribution in [3.63, 3.8) is 0 Å². The molecule has 0 fully saturated rings. The summed E-state index contributed by atoms with van der Waals surface area (Å²) in [7, 11) is 0. The van der Waals surface area contributed by atoms with Crippen LogP contribution in [0, 0.1) is 6.92 Å². The molecule has 2 aromatic rings. The van der Waals surface area contributed by atoms with Crippen LogP contribution in [0.4, 0.5) is 0 Å². The van der Waals surface area contributed by atoms with Gasteiger partial charge in [0.05, 0.1) is 0 Å². The van der Waals surface area contributed by atoms with Crippen molar-refractivity contribution in [1.82, 2.24) is 0 Å². The first-order chi connectivity index (χ1) is 9.20. The fourth-order valence-electron chi connectivity index (χ4n) is 2.52. The van der Waals surface area contributed by atoms with E-state index in [2.05, 4.69) is 58.0 Å². The Labute approximate surface area is 126 Å². The van der Waals surface area contributed by atoms with Crippen LogP contribution in [0.25, 0.3) is 0 Å². The van der Waals surface area contributed by atoms with Gasteiger partial charge in [0.25, 0.3) is 0 Å². The first kappa shape index (κ1) is 15.3. The van der Waals surface area contributed by atoms with Gasteiger partial charge in [-0.2, -0.15) is 0 Å². The zero-order valence-corrected chi connectivity index (χ0v) is 13.8. The summed E-state index contributed by atoms with van der Waals surface area (Å²) in [5.74, 6) is 0. The molecule has 0 saturated carbocycles. The number of hydrogen-bond donors (Lipinski definition) is 1. The molecule has 0 amide bonds. The van der Waals surface area contributed by atoms with Gasteiger partial charge in [0.15, 0.2) is 0 Å². The molecule has 0 aliphatic carbocycles. The molecule has 20 heavy (non-hydrogen) atoms. The maximum absolute atomic E-state index is 10.7. The Kier molecular flexibility index (Phi) is 4.08. The second kappa shape index (κ2) is 5.34. The normalized spacial score (nSPS) is 15.1. The quantitative estimate of drug-likeness (QED) is 0.859. The molecule has 0 aliphatic rings. The molecule has 1 aromatic carbocycles. The fourth-order valence-corrected chi connectivity index (χ4v) is 3.51. The van der Waals surface area contributed by atoms with Crippen molar-refractivity contribution >= 4 is 11.3 Å². The molecular formula is C18H24OS. The van der Waals surface area contributed by atoms with E-state index in [9.17, 15) is 5.11 Å². The Morgan fingerprint density at radius 2 is 1.60 bits per heavy atom. The highest BCUT2D eigenvalue weighted by molar-refractivity contribution is 7.10. The molecule has 0 spiro atoms. The van der Waals surface area contributed by atoms with Gasteiger partial charge in [-0.25, -0.2) is 0 Å². The van der Waals surface area contributed by atoms with Crippen molar-refractivity contribution in [2.75, 3.05) is 0 Å². The van der Waals surface area contributed by atoms with E-state index in [1.54, 1.807) is 11.3 Å². The van der Waals surface area contributed by atoms with Crippen molar-refractivity contribution in [3.05, 3.63) is 57.3 Å². The maximum atomic E-state index is 10.7. The number of benzene rings is 1. The summed E-state index contributed by atoms with van der Waals surface area (Å²) in [4.78, 5) is 1.07. The lowest BCUT2D eigenvalue weighted by Gasteiger charge is -2.24. The molecule has 1 aromatic heterocycles. The Bertz CT molecular complexity index is 570. The van der Waals surface area contributed by atoms with Gasteiger partial charge >= 0.3 is 0 Å². The van der Waals surface area contributed by atoms with E-state index in [0.29, 0.717) is 6.42 Å². The van der Waals surface area contributed by atoms with Crippen LogP contribution in [0.3, 0.4) is 0 Å². The van der Waals surface area contributed by atoms with Crippen molar-refractivity contribution in [3.8, 4) is 0 Å². The predicted octanol–water partition coefficient (Wildman–Crippen LogP) is 4.80. The SMILES string of the molecule is Cc1ccsc1C(C)(O)Cc1ccc(C(C)(C)C)cc1. The summed E-state index contributed by atoms with van der Waals surface area (Å²) in [6.07, 6.45) is 0.652. The standard InChI is InChI=1S/C18H24OS/c1-13-10-11-20-16(13)18(5,19)12-14-6-8-15(9-7-14)17(2,3)4/h6-11,19H,12H2,1-5H3. The van der Waals surface area contributed by atoms with E-state index in [1.165, 1.54) is 16.7 Å². The monoisotopic (exact) mass is 288 g/mol. The van der Waals surface area contributed by atoms with Gasteiger partial charge in [-0.1, -0.05) is 45.0 Å². The molecule has 0 radical (unpaired) electrons. The molecule has 0 saturated heterocycles.